The SMILES string of the molecule is CCCCCCCCCCCCc1ccc(S(=O)(=O)n2nnc3ccc(C(C)=O)cc3c2=O)cc1. The lowest BCUT2D eigenvalue weighted by Gasteiger charge is -2.08. The number of hydrogen-bond donors (Lipinski definition) is 0. The summed E-state index contributed by atoms with van der Waals surface area (Å²) >= 11 is 0. The Bertz CT molecular complexity index is 1300. The predicted octanol–water partition coefficient (Wildman–Crippen LogP) is 5.69. The summed E-state index contributed by atoms with van der Waals surface area (Å²) in [5.41, 5.74) is 0.778. The van der Waals surface area contributed by atoms with Crippen LogP contribution in [-0.2, 0) is 16.4 Å². The maximum absolute atomic E-state index is 13.1. The van der Waals surface area contributed by atoms with Gasteiger partial charge < -0.3 is 0 Å². The first-order chi connectivity index (χ1) is 16.8. The summed E-state index contributed by atoms with van der Waals surface area (Å²) in [6.45, 7) is 3.61. The van der Waals surface area contributed by atoms with E-state index in [1.807, 2.05) is 0 Å². The molecule has 2 aromatic carbocycles. The van der Waals surface area contributed by atoms with Gasteiger partial charge in [0, 0.05) is 5.56 Å². The van der Waals surface area contributed by atoms with Crippen molar-refractivity contribution in [3.63, 3.8) is 0 Å². The molecule has 0 saturated carbocycles. The quantitative estimate of drug-likeness (QED) is 0.209. The van der Waals surface area contributed by atoms with Gasteiger partial charge in [-0.15, -0.1) is 5.10 Å². The summed E-state index contributed by atoms with van der Waals surface area (Å²) in [5.74, 6) is -0.226. The lowest BCUT2D eigenvalue weighted by molar-refractivity contribution is 0.101. The molecule has 1 aromatic heterocycles. The smallest absolute Gasteiger partial charge is 0.292 e. The Kier molecular flexibility index (Phi) is 9.72. The summed E-state index contributed by atoms with van der Waals surface area (Å²) in [5, 5.41) is 7.54. The molecular formula is C27H35N3O4S. The van der Waals surface area contributed by atoms with Gasteiger partial charge >= 0.3 is 0 Å². The number of nitrogens with zero attached hydrogens (tertiary/aromatic N) is 3. The van der Waals surface area contributed by atoms with Gasteiger partial charge in [-0.1, -0.05) is 80.9 Å². The van der Waals surface area contributed by atoms with Crippen LogP contribution < -0.4 is 5.56 Å². The zero-order chi connectivity index (χ0) is 25.3. The van der Waals surface area contributed by atoms with Gasteiger partial charge in [0.1, 0.15) is 5.52 Å². The molecule has 0 saturated heterocycles. The van der Waals surface area contributed by atoms with Crippen LogP contribution in [0.15, 0.2) is 52.2 Å². The second kappa shape index (κ2) is 12.7. The van der Waals surface area contributed by atoms with Crippen molar-refractivity contribution in [1.82, 2.24) is 14.4 Å². The zero-order valence-corrected chi connectivity index (χ0v) is 21.5. The van der Waals surface area contributed by atoms with Crippen molar-refractivity contribution in [2.45, 2.75) is 89.4 Å². The number of ketones is 1. The van der Waals surface area contributed by atoms with E-state index in [2.05, 4.69) is 17.2 Å². The number of carbonyl (C=O) groups is 1. The molecule has 0 bridgehead atoms. The highest BCUT2D eigenvalue weighted by atomic mass is 32.2. The lowest BCUT2D eigenvalue weighted by Crippen LogP contribution is -2.31. The van der Waals surface area contributed by atoms with E-state index >= 15 is 0 Å². The standard InChI is InChI=1S/C27H35N3O4S/c1-3-4-5-6-7-8-9-10-11-12-13-22-14-17-24(18-15-22)35(33,34)30-27(32)25-20-23(21(2)31)16-19-26(25)28-29-30/h14-20H,3-13H2,1-2H3. The molecule has 1 heterocycles. The topological polar surface area (TPSA) is 99.0 Å². The third-order valence-corrected chi connectivity index (χ3v) is 7.87. The molecule has 0 atom stereocenters. The fraction of sp³-hybridized carbons (Fsp3) is 0.481. The first-order valence-electron chi connectivity index (χ1n) is 12.6. The number of Topliss-reactive ketones (excluding diaryl/α,β-unsaturated/α-hetero) is 1. The Morgan fingerprint density at radius 2 is 1.46 bits per heavy atom. The minimum absolute atomic E-state index is 0.0252. The van der Waals surface area contributed by atoms with Gasteiger partial charge in [-0.05, 0) is 60.9 Å². The molecule has 0 radical (unpaired) electrons. The van der Waals surface area contributed by atoms with Gasteiger partial charge in [-0.3, -0.25) is 9.59 Å². The Morgan fingerprint density at radius 1 is 0.857 bits per heavy atom. The van der Waals surface area contributed by atoms with Gasteiger partial charge in [0.05, 0.1) is 10.3 Å². The molecule has 0 aliphatic carbocycles. The van der Waals surface area contributed by atoms with E-state index in [0.29, 0.717) is 9.65 Å². The predicted molar refractivity (Wildman–Crippen MR) is 138 cm³/mol. The van der Waals surface area contributed by atoms with Crippen molar-refractivity contribution < 1.29 is 13.2 Å². The van der Waals surface area contributed by atoms with Crippen LogP contribution in [0.2, 0.25) is 0 Å². The third kappa shape index (κ3) is 7.07. The van der Waals surface area contributed by atoms with E-state index in [1.54, 1.807) is 12.1 Å². The molecule has 8 heteroatoms. The van der Waals surface area contributed by atoms with E-state index < -0.39 is 15.6 Å². The maximum atomic E-state index is 13.1. The Hall–Kier alpha value is -2.87. The van der Waals surface area contributed by atoms with E-state index in [9.17, 15) is 18.0 Å². The summed E-state index contributed by atoms with van der Waals surface area (Å²) < 4.78 is 26.5. The number of unbranched alkanes of at least 4 members (excludes halogenated alkanes) is 9. The number of hydrogen-bond acceptors (Lipinski definition) is 6. The number of rotatable bonds is 14. The average molecular weight is 498 g/mol. The zero-order valence-electron chi connectivity index (χ0n) is 20.7. The van der Waals surface area contributed by atoms with Crippen LogP contribution in [0.3, 0.4) is 0 Å². The number of aryl methyl sites for hydroxylation is 1. The first-order valence-corrected chi connectivity index (χ1v) is 14.0. The molecular weight excluding hydrogens is 462 g/mol. The third-order valence-electron chi connectivity index (χ3n) is 6.31. The summed E-state index contributed by atoms with van der Waals surface area (Å²) in [6.07, 6.45) is 13.6. The summed E-state index contributed by atoms with van der Waals surface area (Å²) in [7, 11) is -4.21. The normalized spacial score (nSPS) is 11.7. The Labute approximate surface area is 207 Å². The Morgan fingerprint density at radius 3 is 2.06 bits per heavy atom. The second-order valence-electron chi connectivity index (χ2n) is 9.11. The molecule has 0 aliphatic rings. The van der Waals surface area contributed by atoms with Crippen LogP contribution >= 0.6 is 0 Å². The van der Waals surface area contributed by atoms with Crippen LogP contribution in [0.4, 0.5) is 0 Å². The van der Waals surface area contributed by atoms with Gasteiger partial charge in [0.25, 0.3) is 15.6 Å². The molecule has 7 nitrogen and oxygen atoms in total. The Balaban J connectivity index is 1.59. The molecule has 0 unspecified atom stereocenters. The highest BCUT2D eigenvalue weighted by Crippen LogP contribution is 2.17. The van der Waals surface area contributed by atoms with Crippen LogP contribution in [-0.4, -0.2) is 28.6 Å². The highest BCUT2D eigenvalue weighted by Gasteiger charge is 2.22. The van der Waals surface area contributed by atoms with Gasteiger partial charge in [-0.25, -0.2) is 0 Å². The maximum Gasteiger partial charge on any atom is 0.292 e. The molecule has 0 amide bonds. The van der Waals surface area contributed by atoms with Crippen LogP contribution in [0.25, 0.3) is 10.9 Å². The van der Waals surface area contributed by atoms with Crippen molar-refractivity contribution in [1.29, 1.82) is 0 Å². The van der Waals surface area contributed by atoms with E-state index in [0.717, 1.165) is 18.4 Å². The van der Waals surface area contributed by atoms with Crippen LogP contribution in [0.5, 0.6) is 0 Å². The van der Waals surface area contributed by atoms with Gasteiger partial charge in [0.15, 0.2) is 5.78 Å². The van der Waals surface area contributed by atoms with E-state index in [1.165, 1.54) is 95.0 Å². The fourth-order valence-electron chi connectivity index (χ4n) is 4.15. The average Bonchev–Trinajstić information content (AvgIpc) is 2.85. The molecule has 3 aromatic rings. The first kappa shape index (κ1) is 26.7. The molecule has 35 heavy (non-hydrogen) atoms. The van der Waals surface area contributed by atoms with Crippen LogP contribution in [0, 0.1) is 0 Å². The monoisotopic (exact) mass is 497 g/mol. The second-order valence-corrected chi connectivity index (χ2v) is 10.9. The number of benzene rings is 2. The van der Waals surface area contributed by atoms with Crippen molar-refractivity contribution in [2.24, 2.45) is 0 Å². The molecule has 188 valence electrons. The number of fused-ring (bicyclic) bond motifs is 1. The van der Waals surface area contributed by atoms with Gasteiger partial charge in [0.2, 0.25) is 0 Å². The largest absolute Gasteiger partial charge is 0.295 e. The van der Waals surface area contributed by atoms with Crippen molar-refractivity contribution in [3.8, 4) is 0 Å². The minimum Gasteiger partial charge on any atom is -0.295 e. The summed E-state index contributed by atoms with van der Waals surface area (Å²) in [4.78, 5) is 24.5. The molecule has 0 N–H and O–H groups in total. The lowest BCUT2D eigenvalue weighted by atomic mass is 10.0. The minimum atomic E-state index is -4.21. The fourth-order valence-corrected chi connectivity index (χ4v) is 5.28. The number of aromatic nitrogens is 3. The molecule has 0 spiro atoms. The van der Waals surface area contributed by atoms with Crippen molar-refractivity contribution >= 4 is 26.7 Å². The summed E-state index contributed by atoms with van der Waals surface area (Å²) in [6, 6.07) is 11.0. The highest BCUT2D eigenvalue weighted by molar-refractivity contribution is 7.89. The van der Waals surface area contributed by atoms with Crippen molar-refractivity contribution in [2.75, 3.05) is 0 Å². The van der Waals surface area contributed by atoms with Gasteiger partial charge in [-0.2, -0.15) is 8.42 Å². The van der Waals surface area contributed by atoms with Crippen molar-refractivity contribution in [3.05, 3.63) is 63.9 Å². The van der Waals surface area contributed by atoms with Crippen LogP contribution in [0.1, 0.15) is 94.0 Å². The van der Waals surface area contributed by atoms with E-state index in [4.69, 9.17) is 0 Å². The number of carbonyl (C=O) groups excluding carboxylic acids is 1. The molecule has 0 aliphatic heterocycles. The molecule has 0 fully saturated rings. The molecule has 3 rings (SSSR count). The van der Waals surface area contributed by atoms with E-state index in [-0.39, 0.29) is 21.6 Å².